The summed E-state index contributed by atoms with van der Waals surface area (Å²) in [5.41, 5.74) is 0.234. The number of aliphatic carboxylic acids is 1. The average molecular weight is 228 g/mol. The van der Waals surface area contributed by atoms with E-state index in [1.807, 2.05) is 0 Å². The third-order valence-corrected chi connectivity index (χ3v) is 3.18. The van der Waals surface area contributed by atoms with Gasteiger partial charge in [-0.1, -0.05) is 20.8 Å². The summed E-state index contributed by atoms with van der Waals surface area (Å²) in [4.78, 5) is 15.4. The Kier molecular flexibility index (Phi) is 4.33. The highest BCUT2D eigenvalue weighted by molar-refractivity contribution is 5.67. The van der Waals surface area contributed by atoms with Gasteiger partial charge < -0.3 is 10.0 Å². The van der Waals surface area contributed by atoms with Gasteiger partial charge in [-0.15, -0.1) is 0 Å². The second-order valence-corrected chi connectivity index (χ2v) is 5.68. The monoisotopic (exact) mass is 228 g/mol. The molecule has 1 unspecified atom stereocenters. The highest BCUT2D eigenvalue weighted by Crippen LogP contribution is 2.24. The molecule has 0 aromatic heterocycles. The standard InChI is InChI=1S/C12H24N2O2/c1-5-14-9-12(2,3)8-13(4)7-10(14)6-11(15)16/h10H,5-9H2,1-4H3,(H,15,16). The van der Waals surface area contributed by atoms with E-state index in [0.29, 0.717) is 0 Å². The molecule has 0 amide bonds. The van der Waals surface area contributed by atoms with Gasteiger partial charge in [0.25, 0.3) is 0 Å². The maximum Gasteiger partial charge on any atom is 0.304 e. The van der Waals surface area contributed by atoms with Gasteiger partial charge in [0.15, 0.2) is 0 Å². The molecule has 1 aliphatic heterocycles. The number of carboxylic acid groups (broad SMARTS) is 1. The fourth-order valence-corrected chi connectivity index (χ4v) is 2.76. The first-order chi connectivity index (χ1) is 7.34. The Morgan fingerprint density at radius 2 is 2.06 bits per heavy atom. The predicted molar refractivity (Wildman–Crippen MR) is 64.6 cm³/mol. The molecule has 1 N–H and O–H groups in total. The Bertz CT molecular complexity index is 253. The normalized spacial score (nSPS) is 27.6. The Labute approximate surface area is 98.2 Å². The minimum absolute atomic E-state index is 0.147. The molecule has 1 atom stereocenters. The average Bonchev–Trinajstić information content (AvgIpc) is 2.20. The fourth-order valence-electron chi connectivity index (χ4n) is 2.76. The van der Waals surface area contributed by atoms with Crippen LogP contribution in [0, 0.1) is 5.41 Å². The molecule has 1 aliphatic rings. The summed E-state index contributed by atoms with van der Waals surface area (Å²) < 4.78 is 0. The highest BCUT2D eigenvalue weighted by atomic mass is 16.4. The molecule has 1 rings (SSSR count). The summed E-state index contributed by atoms with van der Waals surface area (Å²) >= 11 is 0. The Hall–Kier alpha value is -0.610. The van der Waals surface area contributed by atoms with Crippen LogP contribution in [0.4, 0.5) is 0 Å². The van der Waals surface area contributed by atoms with Crippen molar-refractivity contribution in [1.82, 2.24) is 9.80 Å². The van der Waals surface area contributed by atoms with E-state index in [4.69, 9.17) is 5.11 Å². The molecule has 4 heteroatoms. The van der Waals surface area contributed by atoms with Gasteiger partial charge in [-0.25, -0.2) is 0 Å². The zero-order chi connectivity index (χ0) is 12.3. The number of carbonyl (C=O) groups is 1. The molecule has 0 bridgehead atoms. The van der Waals surface area contributed by atoms with Crippen molar-refractivity contribution < 1.29 is 9.90 Å². The first kappa shape index (κ1) is 13.5. The maximum absolute atomic E-state index is 10.9. The van der Waals surface area contributed by atoms with E-state index in [0.717, 1.165) is 26.2 Å². The van der Waals surface area contributed by atoms with Gasteiger partial charge in [0.05, 0.1) is 6.42 Å². The first-order valence-electron chi connectivity index (χ1n) is 5.98. The lowest BCUT2D eigenvalue weighted by molar-refractivity contribution is -0.138. The summed E-state index contributed by atoms with van der Waals surface area (Å²) in [6, 6.07) is 0.147. The zero-order valence-electron chi connectivity index (χ0n) is 10.9. The van der Waals surface area contributed by atoms with Crippen molar-refractivity contribution in [3.63, 3.8) is 0 Å². The molecular weight excluding hydrogens is 204 g/mol. The van der Waals surface area contributed by atoms with E-state index < -0.39 is 5.97 Å². The second kappa shape index (κ2) is 5.15. The van der Waals surface area contributed by atoms with Crippen LogP contribution in [0.5, 0.6) is 0 Å². The van der Waals surface area contributed by atoms with Gasteiger partial charge >= 0.3 is 5.97 Å². The number of nitrogens with zero attached hydrogens (tertiary/aromatic N) is 2. The molecule has 0 saturated carbocycles. The topological polar surface area (TPSA) is 43.8 Å². The lowest BCUT2D eigenvalue weighted by atomic mass is 9.92. The van der Waals surface area contributed by atoms with Crippen LogP contribution in [-0.4, -0.2) is 60.1 Å². The van der Waals surface area contributed by atoms with Crippen molar-refractivity contribution in [1.29, 1.82) is 0 Å². The van der Waals surface area contributed by atoms with E-state index in [1.165, 1.54) is 0 Å². The lowest BCUT2D eigenvalue weighted by Gasteiger charge is -2.32. The Balaban J connectivity index is 2.77. The van der Waals surface area contributed by atoms with E-state index in [9.17, 15) is 4.79 Å². The molecule has 0 radical (unpaired) electrons. The summed E-state index contributed by atoms with van der Waals surface area (Å²) in [6.07, 6.45) is 0.244. The van der Waals surface area contributed by atoms with Gasteiger partial charge in [0.2, 0.25) is 0 Å². The van der Waals surface area contributed by atoms with Crippen LogP contribution in [0.3, 0.4) is 0 Å². The Morgan fingerprint density at radius 1 is 1.44 bits per heavy atom. The van der Waals surface area contributed by atoms with Crippen LogP contribution in [-0.2, 0) is 4.79 Å². The third kappa shape index (κ3) is 3.76. The number of rotatable bonds is 3. The fraction of sp³-hybridized carbons (Fsp3) is 0.917. The zero-order valence-corrected chi connectivity index (χ0v) is 10.9. The van der Waals surface area contributed by atoms with Crippen molar-refractivity contribution >= 4 is 5.97 Å². The molecule has 0 spiro atoms. The van der Waals surface area contributed by atoms with Crippen LogP contribution in [0.15, 0.2) is 0 Å². The molecule has 0 aromatic rings. The SMILES string of the molecule is CCN1CC(C)(C)CN(C)CC1CC(=O)O. The van der Waals surface area contributed by atoms with Gasteiger partial charge in [0.1, 0.15) is 0 Å². The van der Waals surface area contributed by atoms with Crippen molar-refractivity contribution in [2.75, 3.05) is 33.2 Å². The number of hydrogen-bond acceptors (Lipinski definition) is 3. The van der Waals surface area contributed by atoms with Gasteiger partial charge in [-0.3, -0.25) is 9.69 Å². The molecule has 16 heavy (non-hydrogen) atoms. The molecule has 1 fully saturated rings. The van der Waals surface area contributed by atoms with E-state index in [-0.39, 0.29) is 17.9 Å². The van der Waals surface area contributed by atoms with E-state index >= 15 is 0 Å². The molecule has 4 nitrogen and oxygen atoms in total. The smallest absolute Gasteiger partial charge is 0.304 e. The molecule has 0 aliphatic carbocycles. The summed E-state index contributed by atoms with van der Waals surface area (Å²) in [5, 5.41) is 8.94. The lowest BCUT2D eigenvalue weighted by Crippen LogP contribution is -2.42. The van der Waals surface area contributed by atoms with Crippen LogP contribution in [0.1, 0.15) is 27.2 Å². The van der Waals surface area contributed by atoms with Crippen LogP contribution in [0.25, 0.3) is 0 Å². The summed E-state index contributed by atoms with van der Waals surface area (Å²) in [6.45, 7) is 10.4. The third-order valence-electron chi connectivity index (χ3n) is 3.18. The maximum atomic E-state index is 10.9. The quantitative estimate of drug-likeness (QED) is 0.786. The van der Waals surface area contributed by atoms with Crippen molar-refractivity contribution in [3.8, 4) is 0 Å². The molecule has 1 saturated heterocycles. The summed E-state index contributed by atoms with van der Waals surface area (Å²) in [5.74, 6) is -0.698. The Morgan fingerprint density at radius 3 is 2.56 bits per heavy atom. The number of carboxylic acids is 1. The van der Waals surface area contributed by atoms with E-state index in [1.54, 1.807) is 0 Å². The van der Waals surface area contributed by atoms with Crippen molar-refractivity contribution in [2.24, 2.45) is 5.41 Å². The number of hydrogen-bond donors (Lipinski definition) is 1. The molecular formula is C12H24N2O2. The molecule has 0 aromatic carbocycles. The molecule has 94 valence electrons. The van der Waals surface area contributed by atoms with Crippen LogP contribution < -0.4 is 0 Å². The van der Waals surface area contributed by atoms with Gasteiger partial charge in [0, 0.05) is 25.7 Å². The largest absolute Gasteiger partial charge is 0.481 e. The van der Waals surface area contributed by atoms with Gasteiger partial charge in [-0.05, 0) is 19.0 Å². The minimum Gasteiger partial charge on any atom is -0.481 e. The minimum atomic E-state index is -0.698. The highest BCUT2D eigenvalue weighted by Gasteiger charge is 2.32. The van der Waals surface area contributed by atoms with Crippen LogP contribution in [0.2, 0.25) is 0 Å². The van der Waals surface area contributed by atoms with Crippen LogP contribution >= 0.6 is 0 Å². The van der Waals surface area contributed by atoms with Crippen molar-refractivity contribution in [3.05, 3.63) is 0 Å². The van der Waals surface area contributed by atoms with E-state index in [2.05, 4.69) is 37.6 Å². The second-order valence-electron chi connectivity index (χ2n) is 5.68. The van der Waals surface area contributed by atoms with Gasteiger partial charge in [-0.2, -0.15) is 0 Å². The predicted octanol–water partition coefficient (Wildman–Crippen LogP) is 1.12. The van der Waals surface area contributed by atoms with Crippen molar-refractivity contribution in [2.45, 2.75) is 33.2 Å². The first-order valence-corrected chi connectivity index (χ1v) is 5.98. The molecule has 1 heterocycles. The summed E-state index contributed by atoms with van der Waals surface area (Å²) in [7, 11) is 2.08. The number of likely N-dealkylation sites (N-methyl/N-ethyl adjacent to an activating group) is 2.